The topological polar surface area (TPSA) is 13.1 Å². The van der Waals surface area contributed by atoms with Gasteiger partial charge < -0.3 is 4.42 Å². The molecule has 1 atom stereocenters. The molecular formula is C48H43BO. The first-order valence-corrected chi connectivity index (χ1v) is 17.1. The maximum Gasteiger partial charge on any atom is 0.135 e. The number of allylic oxidation sites excluding steroid dienone is 13. The van der Waals surface area contributed by atoms with Gasteiger partial charge in [0.15, 0.2) is 0 Å². The lowest BCUT2D eigenvalue weighted by molar-refractivity contribution is 0.599. The van der Waals surface area contributed by atoms with E-state index in [-0.39, 0.29) is 0 Å². The van der Waals surface area contributed by atoms with Crippen molar-refractivity contribution in [3.05, 3.63) is 197 Å². The lowest BCUT2D eigenvalue weighted by Gasteiger charge is -2.19. The Kier molecular flexibility index (Phi) is 9.93. The van der Waals surface area contributed by atoms with Crippen molar-refractivity contribution in [2.24, 2.45) is 0 Å². The molecule has 1 unspecified atom stereocenters. The molecule has 0 spiro atoms. The van der Waals surface area contributed by atoms with Gasteiger partial charge in [-0.1, -0.05) is 154 Å². The van der Waals surface area contributed by atoms with Crippen LogP contribution in [0.1, 0.15) is 57.1 Å². The summed E-state index contributed by atoms with van der Waals surface area (Å²) in [5.74, 6) is 0.834. The van der Waals surface area contributed by atoms with Crippen LogP contribution in [0, 0.1) is 0 Å². The van der Waals surface area contributed by atoms with Crippen molar-refractivity contribution in [2.75, 3.05) is 0 Å². The van der Waals surface area contributed by atoms with Gasteiger partial charge in [0.05, 0.1) is 7.85 Å². The van der Waals surface area contributed by atoms with Crippen molar-refractivity contribution in [2.45, 2.75) is 39.9 Å². The molecule has 0 aliphatic heterocycles. The number of rotatable bonds is 10. The molecule has 2 heteroatoms. The molecule has 1 aliphatic rings. The Hall–Kier alpha value is -5.60. The standard InChI is InChI=1S/C48H43BO/c1-8-32(3)44(40-28-26-39(27-29-40)38-24-22-37(23-25-38)36-18-11-10-12-19-36)34(5)16-13-14-17-35(6)45(33(4)9-2)41-20-15-21-42-46(41)47-43(50-42)30-31-48(47,7)49/h8-31H,1-2H2,3-7H3/b14-13-,34-16+,35-17+,44-32-,45-33-. The van der Waals surface area contributed by atoms with Gasteiger partial charge in [-0.05, 0) is 112 Å². The van der Waals surface area contributed by atoms with Crippen LogP contribution in [-0.2, 0) is 5.31 Å². The minimum absolute atomic E-state index is 0.590. The quantitative estimate of drug-likeness (QED) is 0.109. The predicted octanol–water partition coefficient (Wildman–Crippen LogP) is 13.2. The van der Waals surface area contributed by atoms with E-state index >= 15 is 0 Å². The van der Waals surface area contributed by atoms with Gasteiger partial charge in [0, 0.05) is 10.9 Å². The predicted molar refractivity (Wildman–Crippen MR) is 218 cm³/mol. The monoisotopic (exact) mass is 646 g/mol. The zero-order chi connectivity index (χ0) is 35.4. The van der Waals surface area contributed by atoms with Gasteiger partial charge in [0.25, 0.3) is 0 Å². The molecule has 6 rings (SSSR count). The van der Waals surface area contributed by atoms with E-state index in [4.69, 9.17) is 12.3 Å². The number of hydrogen-bond acceptors (Lipinski definition) is 1. The highest BCUT2D eigenvalue weighted by Gasteiger charge is 2.32. The second-order valence-electron chi connectivity index (χ2n) is 13.3. The van der Waals surface area contributed by atoms with E-state index in [2.05, 4.69) is 144 Å². The van der Waals surface area contributed by atoms with Gasteiger partial charge in [-0.3, -0.25) is 0 Å². The average molecular weight is 647 g/mol. The lowest BCUT2D eigenvalue weighted by Crippen LogP contribution is -2.16. The van der Waals surface area contributed by atoms with Crippen LogP contribution in [-0.4, -0.2) is 7.85 Å². The Morgan fingerprint density at radius 2 is 1.16 bits per heavy atom. The maximum atomic E-state index is 6.71. The van der Waals surface area contributed by atoms with Crippen LogP contribution in [0.5, 0.6) is 0 Å². The van der Waals surface area contributed by atoms with Crippen LogP contribution in [0.25, 0.3) is 50.4 Å². The molecule has 0 saturated carbocycles. The third kappa shape index (κ3) is 6.80. The highest BCUT2D eigenvalue weighted by atomic mass is 16.3. The van der Waals surface area contributed by atoms with Gasteiger partial charge >= 0.3 is 0 Å². The van der Waals surface area contributed by atoms with Crippen LogP contribution in [0.15, 0.2) is 179 Å². The average Bonchev–Trinajstić information content (AvgIpc) is 3.67. The molecular weight excluding hydrogens is 603 g/mol. The normalized spacial score (nSPS) is 17.1. The fraction of sp³-hybridized carbons (Fsp3) is 0.125. The summed E-state index contributed by atoms with van der Waals surface area (Å²) in [6.45, 7) is 18.7. The van der Waals surface area contributed by atoms with Gasteiger partial charge in [-0.2, -0.15) is 0 Å². The minimum atomic E-state index is -0.590. The smallest absolute Gasteiger partial charge is 0.135 e. The van der Waals surface area contributed by atoms with Crippen LogP contribution in [0.3, 0.4) is 0 Å². The Balaban J connectivity index is 1.25. The minimum Gasteiger partial charge on any atom is -0.456 e. The van der Waals surface area contributed by atoms with Gasteiger partial charge in [-0.15, -0.1) is 0 Å². The van der Waals surface area contributed by atoms with E-state index in [1.54, 1.807) is 0 Å². The van der Waals surface area contributed by atoms with Crippen LogP contribution >= 0.6 is 0 Å². The third-order valence-electron chi connectivity index (χ3n) is 9.62. The van der Waals surface area contributed by atoms with Gasteiger partial charge in [0.1, 0.15) is 11.3 Å². The molecule has 0 amide bonds. The Morgan fingerprint density at radius 1 is 0.640 bits per heavy atom. The van der Waals surface area contributed by atoms with E-state index in [1.807, 2.05) is 49.4 Å². The zero-order valence-electron chi connectivity index (χ0n) is 29.8. The summed E-state index contributed by atoms with van der Waals surface area (Å²) in [7, 11) is 6.71. The number of hydrogen-bond donors (Lipinski definition) is 0. The Morgan fingerprint density at radius 3 is 1.74 bits per heavy atom. The van der Waals surface area contributed by atoms with Gasteiger partial charge in [0.2, 0.25) is 0 Å². The lowest BCUT2D eigenvalue weighted by atomic mass is 9.67. The summed E-state index contributed by atoms with van der Waals surface area (Å²) >= 11 is 0. The summed E-state index contributed by atoms with van der Waals surface area (Å²) in [5, 5.41) is 0.471. The maximum absolute atomic E-state index is 6.71. The first kappa shape index (κ1) is 34.3. The number of furan rings is 1. The zero-order valence-corrected chi connectivity index (χ0v) is 29.8. The number of fused-ring (bicyclic) bond motifs is 3. The first-order chi connectivity index (χ1) is 24.1. The highest BCUT2D eigenvalue weighted by molar-refractivity contribution is 6.21. The van der Waals surface area contributed by atoms with E-state index in [9.17, 15) is 0 Å². The number of benzene rings is 4. The molecule has 4 aromatic carbocycles. The van der Waals surface area contributed by atoms with E-state index < -0.39 is 5.31 Å². The molecule has 1 aromatic heterocycles. The highest BCUT2D eigenvalue weighted by Crippen LogP contribution is 2.45. The van der Waals surface area contributed by atoms with Crippen molar-refractivity contribution < 1.29 is 4.42 Å². The molecule has 1 aliphatic carbocycles. The molecule has 244 valence electrons. The first-order valence-electron chi connectivity index (χ1n) is 17.1. The third-order valence-corrected chi connectivity index (χ3v) is 9.62. The molecule has 0 N–H and O–H groups in total. The van der Waals surface area contributed by atoms with Gasteiger partial charge in [-0.25, -0.2) is 0 Å². The summed E-state index contributed by atoms with van der Waals surface area (Å²) in [6, 6.07) is 34.3. The Bertz CT molecular complexity index is 2260. The van der Waals surface area contributed by atoms with Crippen molar-refractivity contribution in [3.63, 3.8) is 0 Å². The molecule has 0 fully saturated rings. The molecule has 50 heavy (non-hydrogen) atoms. The van der Waals surface area contributed by atoms with Crippen molar-refractivity contribution >= 4 is 36.0 Å². The van der Waals surface area contributed by atoms with Crippen LogP contribution < -0.4 is 0 Å². The van der Waals surface area contributed by atoms with Crippen molar-refractivity contribution in [1.29, 1.82) is 0 Å². The second kappa shape index (κ2) is 14.5. The van der Waals surface area contributed by atoms with Crippen LogP contribution in [0.2, 0.25) is 0 Å². The summed E-state index contributed by atoms with van der Waals surface area (Å²) in [4.78, 5) is 0. The molecule has 2 radical (unpaired) electrons. The van der Waals surface area contributed by atoms with E-state index in [0.29, 0.717) is 0 Å². The van der Waals surface area contributed by atoms with E-state index in [1.165, 1.54) is 27.8 Å². The fourth-order valence-corrected chi connectivity index (χ4v) is 6.95. The fourth-order valence-electron chi connectivity index (χ4n) is 6.95. The van der Waals surface area contributed by atoms with Crippen molar-refractivity contribution in [3.8, 4) is 22.3 Å². The largest absolute Gasteiger partial charge is 0.456 e. The van der Waals surface area contributed by atoms with Crippen molar-refractivity contribution in [1.82, 2.24) is 0 Å². The van der Waals surface area contributed by atoms with Crippen LogP contribution in [0.4, 0.5) is 0 Å². The SMILES string of the molecule is [B]C1(C)C=Cc2oc3cccc(C(=C(/C)C=C)/C(C)=C/C=C\C=C(C)\C(=C(/C)C=C)c4ccc(-c5ccc(-c6ccccc6)cc5)cc4)c3c21. The molecule has 1 nitrogen and oxygen atoms in total. The second-order valence-corrected chi connectivity index (χ2v) is 13.3. The summed E-state index contributed by atoms with van der Waals surface area (Å²) < 4.78 is 6.22. The summed E-state index contributed by atoms with van der Waals surface area (Å²) in [5.41, 5.74) is 15.8. The molecule has 0 saturated heterocycles. The Labute approximate surface area is 299 Å². The molecule has 5 aromatic rings. The summed E-state index contributed by atoms with van der Waals surface area (Å²) in [6.07, 6.45) is 16.4. The molecule has 0 bridgehead atoms. The molecule has 1 heterocycles. The van der Waals surface area contributed by atoms with E-state index in [0.717, 1.165) is 61.3 Å².